The van der Waals surface area contributed by atoms with Crippen LogP contribution in [0.3, 0.4) is 0 Å². The first kappa shape index (κ1) is 16.1. The normalized spacial score (nSPS) is 19.3. The molecule has 5 heteroatoms. The van der Waals surface area contributed by atoms with Gasteiger partial charge in [-0.1, -0.05) is 29.3 Å². The maximum Gasteiger partial charge on any atom is 0.225 e. The fourth-order valence-electron chi connectivity index (χ4n) is 3.02. The van der Waals surface area contributed by atoms with Gasteiger partial charge in [0.15, 0.2) is 0 Å². The first-order valence-corrected chi connectivity index (χ1v) is 8.81. The van der Waals surface area contributed by atoms with Gasteiger partial charge in [-0.3, -0.25) is 9.69 Å². The van der Waals surface area contributed by atoms with Crippen LogP contribution in [0, 0.1) is 5.92 Å². The molecule has 0 radical (unpaired) electrons. The molecule has 22 heavy (non-hydrogen) atoms. The van der Waals surface area contributed by atoms with Gasteiger partial charge in [-0.25, -0.2) is 0 Å². The van der Waals surface area contributed by atoms with E-state index in [4.69, 9.17) is 23.2 Å². The molecule has 3 rings (SSSR count). The molecule has 1 N–H and O–H groups in total. The lowest BCUT2D eigenvalue weighted by molar-refractivity contribution is -0.116. The van der Waals surface area contributed by atoms with E-state index in [1.807, 2.05) is 0 Å². The Balaban J connectivity index is 1.55. The van der Waals surface area contributed by atoms with Crippen LogP contribution < -0.4 is 5.32 Å². The molecule has 0 heterocycles. The van der Waals surface area contributed by atoms with E-state index in [1.54, 1.807) is 18.2 Å². The number of halogens is 2. The van der Waals surface area contributed by atoms with Gasteiger partial charge in [-0.15, -0.1) is 0 Å². The highest BCUT2D eigenvalue weighted by atomic mass is 35.5. The Kier molecular flexibility index (Phi) is 4.96. The van der Waals surface area contributed by atoms with Crippen molar-refractivity contribution in [2.45, 2.75) is 51.1 Å². The fraction of sp³-hybridized carbons (Fsp3) is 0.588. The molecule has 1 atom stereocenters. The van der Waals surface area contributed by atoms with E-state index in [9.17, 15) is 4.79 Å². The van der Waals surface area contributed by atoms with Crippen molar-refractivity contribution in [2.75, 3.05) is 11.9 Å². The summed E-state index contributed by atoms with van der Waals surface area (Å²) in [6, 6.07) is 6.52. The van der Waals surface area contributed by atoms with E-state index in [0.29, 0.717) is 34.2 Å². The molecule has 0 saturated heterocycles. The molecule has 2 fully saturated rings. The van der Waals surface area contributed by atoms with Crippen LogP contribution in [-0.2, 0) is 4.79 Å². The second-order valence-electron chi connectivity index (χ2n) is 6.44. The van der Waals surface area contributed by atoms with Crippen molar-refractivity contribution in [2.24, 2.45) is 5.92 Å². The average molecular weight is 341 g/mol. The fourth-order valence-corrected chi connectivity index (χ4v) is 3.52. The lowest BCUT2D eigenvalue weighted by atomic mass is 10.1. The summed E-state index contributed by atoms with van der Waals surface area (Å²) in [6.07, 6.45) is 5.71. The summed E-state index contributed by atoms with van der Waals surface area (Å²) in [7, 11) is 0. The number of para-hydroxylation sites is 1. The summed E-state index contributed by atoms with van der Waals surface area (Å²) in [5, 5.41) is 3.80. The molecule has 0 aromatic heterocycles. The van der Waals surface area contributed by atoms with Crippen LogP contribution in [-0.4, -0.2) is 29.4 Å². The Morgan fingerprint density at radius 3 is 2.45 bits per heavy atom. The second kappa shape index (κ2) is 6.77. The number of anilines is 1. The van der Waals surface area contributed by atoms with Crippen LogP contribution in [0.2, 0.25) is 10.0 Å². The number of carbonyl (C=O) groups is 1. The molecule has 1 amide bonds. The number of hydrogen-bond donors (Lipinski definition) is 1. The minimum Gasteiger partial charge on any atom is -0.324 e. The molecular formula is C17H22Cl2N2O. The third kappa shape index (κ3) is 3.95. The number of hydrogen-bond acceptors (Lipinski definition) is 2. The van der Waals surface area contributed by atoms with Crippen molar-refractivity contribution in [1.29, 1.82) is 0 Å². The number of rotatable bonds is 7. The molecule has 120 valence electrons. The van der Waals surface area contributed by atoms with Gasteiger partial charge in [-0.2, -0.15) is 0 Å². The van der Waals surface area contributed by atoms with Gasteiger partial charge in [0.1, 0.15) is 0 Å². The van der Waals surface area contributed by atoms with Gasteiger partial charge in [0.2, 0.25) is 5.91 Å². The zero-order valence-electron chi connectivity index (χ0n) is 12.8. The SMILES string of the molecule is CC(C1CC1)N(CCC(=O)Nc1c(Cl)cccc1Cl)C1CC1. The molecule has 1 aromatic carbocycles. The Labute approximate surface area is 142 Å². The molecule has 3 nitrogen and oxygen atoms in total. The highest BCUT2D eigenvalue weighted by Gasteiger charge is 2.38. The van der Waals surface area contributed by atoms with E-state index in [2.05, 4.69) is 17.1 Å². The Morgan fingerprint density at radius 2 is 1.91 bits per heavy atom. The molecule has 1 aromatic rings. The van der Waals surface area contributed by atoms with Gasteiger partial charge in [0.25, 0.3) is 0 Å². The first-order chi connectivity index (χ1) is 10.6. The summed E-state index contributed by atoms with van der Waals surface area (Å²) in [6.45, 7) is 3.12. The second-order valence-corrected chi connectivity index (χ2v) is 7.26. The standard InChI is InChI=1S/C17H22Cl2N2O/c1-11(12-5-6-12)21(13-7-8-13)10-9-16(22)20-17-14(18)3-2-4-15(17)19/h2-4,11-13H,5-10H2,1H3,(H,20,22). The monoisotopic (exact) mass is 340 g/mol. The molecule has 2 aliphatic carbocycles. The Bertz CT molecular complexity index is 535. The van der Waals surface area contributed by atoms with Crippen molar-refractivity contribution in [3.63, 3.8) is 0 Å². The molecular weight excluding hydrogens is 319 g/mol. The molecule has 1 unspecified atom stereocenters. The quantitative estimate of drug-likeness (QED) is 0.787. The minimum atomic E-state index is -0.0244. The molecule has 2 saturated carbocycles. The maximum atomic E-state index is 12.2. The van der Waals surface area contributed by atoms with E-state index in [-0.39, 0.29) is 5.91 Å². The summed E-state index contributed by atoms with van der Waals surface area (Å²) >= 11 is 12.2. The van der Waals surface area contributed by atoms with Crippen molar-refractivity contribution in [1.82, 2.24) is 4.90 Å². The van der Waals surface area contributed by atoms with E-state index in [1.165, 1.54) is 25.7 Å². The summed E-state index contributed by atoms with van der Waals surface area (Å²) < 4.78 is 0. The van der Waals surface area contributed by atoms with Gasteiger partial charge in [0, 0.05) is 25.0 Å². The van der Waals surface area contributed by atoms with Gasteiger partial charge in [-0.05, 0) is 50.7 Å². The number of carbonyl (C=O) groups excluding carboxylic acids is 1. The van der Waals surface area contributed by atoms with Gasteiger partial charge in [0.05, 0.1) is 15.7 Å². The van der Waals surface area contributed by atoms with Crippen LogP contribution in [0.25, 0.3) is 0 Å². The van der Waals surface area contributed by atoms with Crippen LogP contribution in [0.1, 0.15) is 39.0 Å². The zero-order chi connectivity index (χ0) is 15.7. The van der Waals surface area contributed by atoms with Crippen LogP contribution in [0.5, 0.6) is 0 Å². The Morgan fingerprint density at radius 1 is 1.27 bits per heavy atom. The van der Waals surface area contributed by atoms with Crippen molar-refractivity contribution >= 4 is 34.8 Å². The maximum absolute atomic E-state index is 12.2. The van der Waals surface area contributed by atoms with Gasteiger partial charge < -0.3 is 5.32 Å². The summed E-state index contributed by atoms with van der Waals surface area (Å²) in [5.74, 6) is 0.810. The number of nitrogens with one attached hydrogen (secondary N) is 1. The zero-order valence-corrected chi connectivity index (χ0v) is 14.3. The van der Waals surface area contributed by atoms with Crippen molar-refractivity contribution < 1.29 is 4.79 Å². The average Bonchev–Trinajstić information content (AvgIpc) is 3.36. The lowest BCUT2D eigenvalue weighted by Gasteiger charge is -2.29. The molecule has 0 aliphatic heterocycles. The number of nitrogens with zero attached hydrogens (tertiary/aromatic N) is 1. The molecule has 0 spiro atoms. The van der Waals surface area contributed by atoms with Crippen LogP contribution >= 0.6 is 23.2 Å². The van der Waals surface area contributed by atoms with Crippen LogP contribution in [0.4, 0.5) is 5.69 Å². The van der Waals surface area contributed by atoms with Crippen molar-refractivity contribution in [3.05, 3.63) is 28.2 Å². The number of benzene rings is 1. The predicted molar refractivity (Wildman–Crippen MR) is 91.6 cm³/mol. The summed E-state index contributed by atoms with van der Waals surface area (Å²) in [4.78, 5) is 14.7. The smallest absolute Gasteiger partial charge is 0.225 e. The minimum absolute atomic E-state index is 0.0244. The first-order valence-electron chi connectivity index (χ1n) is 8.06. The largest absolute Gasteiger partial charge is 0.324 e. The van der Waals surface area contributed by atoms with Gasteiger partial charge >= 0.3 is 0 Å². The molecule has 0 bridgehead atoms. The van der Waals surface area contributed by atoms with E-state index in [0.717, 1.165) is 12.5 Å². The lowest BCUT2D eigenvalue weighted by Crippen LogP contribution is -2.38. The van der Waals surface area contributed by atoms with E-state index >= 15 is 0 Å². The topological polar surface area (TPSA) is 32.3 Å². The number of amides is 1. The van der Waals surface area contributed by atoms with Crippen molar-refractivity contribution in [3.8, 4) is 0 Å². The third-order valence-corrected chi connectivity index (χ3v) is 5.30. The molecule has 2 aliphatic rings. The predicted octanol–water partition coefficient (Wildman–Crippen LogP) is 4.58. The van der Waals surface area contributed by atoms with E-state index < -0.39 is 0 Å². The van der Waals surface area contributed by atoms with Crippen LogP contribution in [0.15, 0.2) is 18.2 Å². The third-order valence-electron chi connectivity index (χ3n) is 4.67. The highest BCUT2D eigenvalue weighted by Crippen LogP contribution is 2.39. The Hall–Kier alpha value is -0.770. The summed E-state index contributed by atoms with van der Waals surface area (Å²) in [5.41, 5.74) is 0.518. The highest BCUT2D eigenvalue weighted by molar-refractivity contribution is 6.39.